The molecule has 0 bridgehead atoms. The summed E-state index contributed by atoms with van der Waals surface area (Å²) in [5.41, 5.74) is 1.55. The summed E-state index contributed by atoms with van der Waals surface area (Å²) in [5, 5.41) is 0. The molecule has 20 heavy (non-hydrogen) atoms. The molecule has 2 aromatic carbocycles. The van der Waals surface area contributed by atoms with E-state index in [1.165, 1.54) is 18.2 Å². The molecule has 0 saturated carbocycles. The Morgan fingerprint density at radius 2 is 1.95 bits per heavy atom. The van der Waals surface area contributed by atoms with Crippen molar-refractivity contribution in [2.75, 3.05) is 0 Å². The van der Waals surface area contributed by atoms with E-state index in [4.69, 9.17) is 4.74 Å². The Labute approximate surface area is 115 Å². The number of ketones is 1. The largest absolute Gasteiger partial charge is 0.484 e. The van der Waals surface area contributed by atoms with Crippen LogP contribution in [0.4, 0.5) is 8.78 Å². The molecule has 1 atom stereocenters. The monoisotopic (exact) mass is 274 g/mol. The number of ether oxygens (including phenoxy) is 1. The second-order valence-electron chi connectivity index (χ2n) is 4.90. The maximum absolute atomic E-state index is 13.9. The first-order chi connectivity index (χ1) is 9.54. The van der Waals surface area contributed by atoms with Crippen molar-refractivity contribution in [2.24, 2.45) is 0 Å². The minimum Gasteiger partial charge on any atom is -0.484 e. The first-order valence-electron chi connectivity index (χ1n) is 6.30. The third-order valence-corrected chi connectivity index (χ3v) is 3.38. The Morgan fingerprint density at radius 1 is 1.15 bits per heavy atom. The van der Waals surface area contributed by atoms with Crippen molar-refractivity contribution in [1.29, 1.82) is 0 Å². The maximum atomic E-state index is 13.9. The molecule has 0 amide bonds. The van der Waals surface area contributed by atoms with Crippen LogP contribution in [-0.2, 0) is 0 Å². The molecule has 2 aromatic rings. The summed E-state index contributed by atoms with van der Waals surface area (Å²) in [6.45, 7) is 1.83. The zero-order valence-electron chi connectivity index (χ0n) is 10.8. The molecule has 4 heteroatoms. The zero-order valence-corrected chi connectivity index (χ0v) is 10.8. The van der Waals surface area contributed by atoms with Gasteiger partial charge in [-0.3, -0.25) is 4.79 Å². The molecule has 0 N–H and O–H groups in total. The molecule has 3 rings (SSSR count). The number of hydrogen-bond donors (Lipinski definition) is 0. The van der Waals surface area contributed by atoms with Gasteiger partial charge in [0, 0.05) is 11.6 Å². The SMILES string of the molecule is Cc1ccc(F)c(C2CC(=O)c3ccc(F)cc3O2)c1. The lowest BCUT2D eigenvalue weighted by atomic mass is 9.95. The maximum Gasteiger partial charge on any atom is 0.170 e. The highest BCUT2D eigenvalue weighted by molar-refractivity contribution is 6.00. The molecule has 0 saturated heterocycles. The van der Waals surface area contributed by atoms with Gasteiger partial charge in [-0.25, -0.2) is 8.78 Å². The van der Waals surface area contributed by atoms with Crippen molar-refractivity contribution in [3.63, 3.8) is 0 Å². The van der Waals surface area contributed by atoms with Gasteiger partial charge >= 0.3 is 0 Å². The first kappa shape index (κ1) is 12.8. The molecule has 1 aliphatic heterocycles. The van der Waals surface area contributed by atoms with Crippen molar-refractivity contribution >= 4 is 5.78 Å². The van der Waals surface area contributed by atoms with Gasteiger partial charge in [0.15, 0.2) is 5.78 Å². The van der Waals surface area contributed by atoms with Crippen LogP contribution in [0, 0.1) is 18.6 Å². The van der Waals surface area contributed by atoms with Crippen LogP contribution in [0.2, 0.25) is 0 Å². The number of hydrogen-bond acceptors (Lipinski definition) is 2. The number of benzene rings is 2. The van der Waals surface area contributed by atoms with Gasteiger partial charge in [0.25, 0.3) is 0 Å². The Morgan fingerprint density at radius 3 is 2.75 bits per heavy atom. The normalized spacial score (nSPS) is 17.6. The van der Waals surface area contributed by atoms with Gasteiger partial charge in [-0.05, 0) is 31.2 Å². The zero-order chi connectivity index (χ0) is 14.3. The predicted octanol–water partition coefficient (Wildman–Crippen LogP) is 3.98. The average molecular weight is 274 g/mol. The standard InChI is InChI=1S/C16H12F2O2/c1-9-2-5-13(18)12(6-9)16-8-14(19)11-4-3-10(17)7-15(11)20-16/h2-7,16H,8H2,1H3. The van der Waals surface area contributed by atoms with E-state index in [9.17, 15) is 13.6 Å². The molecule has 1 heterocycles. The molecule has 1 aliphatic rings. The molecule has 0 aromatic heterocycles. The van der Waals surface area contributed by atoms with Crippen molar-refractivity contribution in [3.05, 3.63) is 64.7 Å². The lowest BCUT2D eigenvalue weighted by Crippen LogP contribution is -2.21. The quantitative estimate of drug-likeness (QED) is 0.786. The summed E-state index contributed by atoms with van der Waals surface area (Å²) < 4.78 is 32.7. The minimum absolute atomic E-state index is 0.0546. The van der Waals surface area contributed by atoms with Crippen molar-refractivity contribution in [3.8, 4) is 5.75 Å². The van der Waals surface area contributed by atoms with Crippen LogP contribution >= 0.6 is 0 Å². The predicted molar refractivity (Wildman–Crippen MR) is 69.9 cm³/mol. The molecule has 0 fully saturated rings. The van der Waals surface area contributed by atoms with E-state index in [0.717, 1.165) is 11.6 Å². The highest BCUT2D eigenvalue weighted by Gasteiger charge is 2.29. The Kier molecular flexibility index (Phi) is 3.01. The summed E-state index contributed by atoms with van der Waals surface area (Å²) in [6.07, 6.45) is -0.657. The molecule has 0 spiro atoms. The number of halogens is 2. The lowest BCUT2D eigenvalue weighted by molar-refractivity contribution is 0.0845. The lowest BCUT2D eigenvalue weighted by Gasteiger charge is -2.26. The van der Waals surface area contributed by atoms with E-state index in [2.05, 4.69) is 0 Å². The topological polar surface area (TPSA) is 26.3 Å². The number of carbonyl (C=O) groups is 1. The molecule has 102 valence electrons. The molecule has 0 aliphatic carbocycles. The average Bonchev–Trinajstić information content (AvgIpc) is 2.41. The van der Waals surface area contributed by atoms with Crippen LogP contribution < -0.4 is 4.74 Å². The van der Waals surface area contributed by atoms with E-state index in [-0.39, 0.29) is 18.0 Å². The summed E-state index contributed by atoms with van der Waals surface area (Å²) in [6, 6.07) is 8.42. The highest BCUT2D eigenvalue weighted by Crippen LogP contribution is 2.36. The first-order valence-corrected chi connectivity index (χ1v) is 6.30. The van der Waals surface area contributed by atoms with E-state index >= 15 is 0 Å². The van der Waals surface area contributed by atoms with Gasteiger partial charge < -0.3 is 4.74 Å². The summed E-state index contributed by atoms with van der Waals surface area (Å²) in [5.74, 6) is -0.903. The number of Topliss-reactive ketones (excluding diaryl/α,β-unsaturated/α-hetero) is 1. The smallest absolute Gasteiger partial charge is 0.170 e. The fourth-order valence-corrected chi connectivity index (χ4v) is 2.38. The van der Waals surface area contributed by atoms with Crippen molar-refractivity contribution in [2.45, 2.75) is 19.4 Å². The number of carbonyl (C=O) groups excluding carboxylic acids is 1. The van der Waals surface area contributed by atoms with Gasteiger partial charge in [0.05, 0.1) is 12.0 Å². The number of aryl methyl sites for hydroxylation is 1. The van der Waals surface area contributed by atoms with E-state index in [1.54, 1.807) is 12.1 Å². The van der Waals surface area contributed by atoms with Gasteiger partial charge in [0.2, 0.25) is 0 Å². The van der Waals surface area contributed by atoms with Crippen LogP contribution in [-0.4, -0.2) is 5.78 Å². The molecule has 2 nitrogen and oxygen atoms in total. The second kappa shape index (κ2) is 4.71. The van der Waals surface area contributed by atoms with Crippen LogP contribution in [0.1, 0.15) is 34.0 Å². The van der Waals surface area contributed by atoms with Gasteiger partial charge in [-0.1, -0.05) is 11.6 Å². The van der Waals surface area contributed by atoms with Crippen LogP contribution in [0.3, 0.4) is 0 Å². The van der Waals surface area contributed by atoms with Crippen LogP contribution in [0.15, 0.2) is 36.4 Å². The van der Waals surface area contributed by atoms with Crippen LogP contribution in [0.25, 0.3) is 0 Å². The molecule has 0 radical (unpaired) electrons. The summed E-state index contributed by atoms with van der Waals surface area (Å²) in [4.78, 5) is 12.1. The second-order valence-corrected chi connectivity index (χ2v) is 4.90. The third-order valence-electron chi connectivity index (χ3n) is 3.38. The van der Waals surface area contributed by atoms with Crippen molar-refractivity contribution in [1.82, 2.24) is 0 Å². The fourth-order valence-electron chi connectivity index (χ4n) is 2.38. The molecular formula is C16H12F2O2. The van der Waals surface area contributed by atoms with Gasteiger partial charge in [-0.15, -0.1) is 0 Å². The molecular weight excluding hydrogens is 262 g/mol. The fraction of sp³-hybridized carbons (Fsp3) is 0.188. The Balaban J connectivity index is 2.02. The van der Waals surface area contributed by atoms with Gasteiger partial charge in [-0.2, -0.15) is 0 Å². The van der Waals surface area contributed by atoms with Crippen LogP contribution in [0.5, 0.6) is 5.75 Å². The van der Waals surface area contributed by atoms with E-state index in [1.807, 2.05) is 6.92 Å². The summed E-state index contributed by atoms with van der Waals surface area (Å²) in [7, 11) is 0. The van der Waals surface area contributed by atoms with E-state index in [0.29, 0.717) is 11.1 Å². The summed E-state index contributed by atoms with van der Waals surface area (Å²) >= 11 is 0. The van der Waals surface area contributed by atoms with Gasteiger partial charge in [0.1, 0.15) is 23.5 Å². The third kappa shape index (κ3) is 2.18. The Bertz CT molecular complexity index is 695. The van der Waals surface area contributed by atoms with E-state index < -0.39 is 17.7 Å². The Hall–Kier alpha value is -2.23. The van der Waals surface area contributed by atoms with Crippen molar-refractivity contribution < 1.29 is 18.3 Å². The molecule has 1 unspecified atom stereocenters. The minimum atomic E-state index is -0.711. The number of rotatable bonds is 1. The highest BCUT2D eigenvalue weighted by atomic mass is 19.1. The number of fused-ring (bicyclic) bond motifs is 1.